The molecule has 3 heteroatoms. The maximum absolute atomic E-state index is 5.67. The van der Waals surface area contributed by atoms with E-state index in [0.717, 1.165) is 17.9 Å². The zero-order valence-corrected chi connectivity index (χ0v) is 10.7. The van der Waals surface area contributed by atoms with E-state index in [-0.39, 0.29) is 0 Å². The molecule has 0 atom stereocenters. The van der Waals surface area contributed by atoms with Gasteiger partial charge in [-0.15, -0.1) is 0 Å². The highest BCUT2D eigenvalue weighted by Gasteiger charge is 2.26. The average molecular weight is 261 g/mol. The molecule has 1 aliphatic heterocycles. The number of aromatic nitrogens is 1. The summed E-state index contributed by atoms with van der Waals surface area (Å²) < 4.78 is 11.2. The Morgan fingerprint density at radius 2 is 1.95 bits per heavy atom. The second-order valence-corrected chi connectivity index (χ2v) is 5.20. The van der Waals surface area contributed by atoms with Crippen LogP contribution in [0, 0.1) is 0 Å². The van der Waals surface area contributed by atoms with Gasteiger partial charge in [0.15, 0.2) is 11.5 Å². The third-order valence-corrected chi connectivity index (χ3v) is 4.17. The van der Waals surface area contributed by atoms with Crippen molar-refractivity contribution in [3.63, 3.8) is 0 Å². The topological polar surface area (TPSA) is 31.4 Å². The molecule has 0 radical (unpaired) electrons. The van der Waals surface area contributed by atoms with Crippen LogP contribution in [0.2, 0.25) is 0 Å². The van der Waals surface area contributed by atoms with Crippen molar-refractivity contribution in [2.75, 3.05) is 6.79 Å². The monoisotopic (exact) mass is 261 g/mol. The lowest BCUT2D eigenvalue weighted by molar-refractivity contribution is 0.173. The Labute approximate surface area is 115 Å². The third kappa shape index (κ3) is 1.17. The molecule has 20 heavy (non-hydrogen) atoms. The van der Waals surface area contributed by atoms with E-state index < -0.39 is 0 Å². The van der Waals surface area contributed by atoms with Crippen molar-refractivity contribution in [1.82, 2.24) is 4.98 Å². The van der Waals surface area contributed by atoms with E-state index in [0.29, 0.717) is 6.79 Å². The molecule has 0 unspecified atom stereocenters. The van der Waals surface area contributed by atoms with Gasteiger partial charge in [-0.3, -0.25) is 4.98 Å². The van der Waals surface area contributed by atoms with Crippen molar-refractivity contribution in [2.24, 2.45) is 0 Å². The summed E-state index contributed by atoms with van der Waals surface area (Å²) in [7, 11) is 0. The Balaban J connectivity index is 1.93. The molecule has 0 fully saturated rings. The van der Waals surface area contributed by atoms with E-state index in [1.54, 1.807) is 0 Å². The molecule has 0 saturated carbocycles. The molecule has 96 valence electrons. The number of hydrogen-bond acceptors (Lipinski definition) is 3. The maximum atomic E-state index is 5.67. The lowest BCUT2D eigenvalue weighted by Crippen LogP contribution is -2.03. The summed E-state index contributed by atoms with van der Waals surface area (Å²) in [5, 5.41) is 2.51. The second kappa shape index (κ2) is 3.51. The van der Waals surface area contributed by atoms with E-state index in [1.165, 1.54) is 33.0 Å². The van der Waals surface area contributed by atoms with Crippen LogP contribution >= 0.6 is 0 Å². The lowest BCUT2D eigenvalue weighted by Gasteiger charge is -2.21. The predicted molar refractivity (Wildman–Crippen MR) is 76.1 cm³/mol. The van der Waals surface area contributed by atoms with Gasteiger partial charge < -0.3 is 9.47 Å². The van der Waals surface area contributed by atoms with Crippen molar-refractivity contribution < 1.29 is 9.47 Å². The van der Waals surface area contributed by atoms with E-state index in [1.807, 2.05) is 18.5 Å². The summed E-state index contributed by atoms with van der Waals surface area (Å²) in [6.45, 7) is 0.315. The molecule has 0 saturated heterocycles. The Kier molecular flexibility index (Phi) is 1.80. The molecule has 1 aromatic heterocycles. The molecule has 2 aliphatic rings. The van der Waals surface area contributed by atoms with Crippen LogP contribution in [-0.2, 0) is 6.42 Å². The van der Waals surface area contributed by atoms with E-state index in [2.05, 4.69) is 29.2 Å². The fraction of sp³-hybridized carbons (Fsp3) is 0.118. The summed E-state index contributed by atoms with van der Waals surface area (Å²) in [6, 6.07) is 10.5. The summed E-state index contributed by atoms with van der Waals surface area (Å²) in [5.74, 6) is 1.75. The van der Waals surface area contributed by atoms with E-state index >= 15 is 0 Å². The van der Waals surface area contributed by atoms with Crippen LogP contribution in [-0.4, -0.2) is 11.8 Å². The highest BCUT2D eigenvalue weighted by atomic mass is 16.7. The minimum atomic E-state index is 0.315. The zero-order valence-electron chi connectivity index (χ0n) is 10.7. The van der Waals surface area contributed by atoms with E-state index in [9.17, 15) is 0 Å². The minimum Gasteiger partial charge on any atom is -0.454 e. The Morgan fingerprint density at radius 3 is 2.95 bits per heavy atom. The van der Waals surface area contributed by atoms with Gasteiger partial charge >= 0.3 is 0 Å². The normalized spacial score (nSPS) is 14.4. The Morgan fingerprint density at radius 1 is 0.950 bits per heavy atom. The number of rotatable bonds is 0. The smallest absolute Gasteiger partial charge is 0.231 e. The van der Waals surface area contributed by atoms with Crippen LogP contribution in [0.1, 0.15) is 11.1 Å². The number of benzene rings is 2. The predicted octanol–water partition coefficient (Wildman–Crippen LogP) is 3.53. The van der Waals surface area contributed by atoms with Crippen molar-refractivity contribution in [3.05, 3.63) is 53.9 Å². The molecule has 0 amide bonds. The molecule has 2 heterocycles. The quantitative estimate of drug-likeness (QED) is 0.485. The van der Waals surface area contributed by atoms with Crippen molar-refractivity contribution in [2.45, 2.75) is 6.42 Å². The first kappa shape index (κ1) is 10.3. The Bertz CT molecular complexity index is 865. The standard InChI is InChI=1S/C17H11NO2/c1-2-10-6-13-12(4-5-15-17(13)20-9-19-15)14-8-18-7-11(3-1)16(10)14/h1-5,7-8H,6,9H2. The number of nitrogens with zero attached hydrogens (tertiary/aromatic N) is 1. The van der Waals surface area contributed by atoms with Gasteiger partial charge in [0.25, 0.3) is 0 Å². The molecule has 3 aromatic rings. The fourth-order valence-corrected chi connectivity index (χ4v) is 3.31. The first-order chi connectivity index (χ1) is 9.92. The van der Waals surface area contributed by atoms with Gasteiger partial charge in [-0.2, -0.15) is 0 Å². The summed E-state index contributed by atoms with van der Waals surface area (Å²) >= 11 is 0. The Hall–Kier alpha value is -2.55. The lowest BCUT2D eigenvalue weighted by atomic mass is 9.84. The van der Waals surface area contributed by atoms with Crippen LogP contribution in [0.5, 0.6) is 11.5 Å². The SMILES string of the molecule is c1cc2c3c(cncc3c1)-c1ccc3c(c1C2)OCO3. The van der Waals surface area contributed by atoms with Gasteiger partial charge in [0.05, 0.1) is 0 Å². The highest BCUT2D eigenvalue weighted by molar-refractivity contribution is 6.01. The summed E-state index contributed by atoms with van der Waals surface area (Å²) in [5.41, 5.74) is 4.95. The molecular weight excluding hydrogens is 250 g/mol. The molecule has 2 aromatic carbocycles. The van der Waals surface area contributed by atoms with Crippen LogP contribution < -0.4 is 9.47 Å². The van der Waals surface area contributed by atoms with Crippen LogP contribution in [0.4, 0.5) is 0 Å². The molecule has 0 spiro atoms. The zero-order chi connectivity index (χ0) is 13.1. The van der Waals surface area contributed by atoms with Crippen LogP contribution in [0.15, 0.2) is 42.7 Å². The van der Waals surface area contributed by atoms with Gasteiger partial charge in [0.1, 0.15) is 0 Å². The highest BCUT2D eigenvalue weighted by Crippen LogP contribution is 2.47. The first-order valence-corrected chi connectivity index (χ1v) is 6.69. The molecule has 0 bridgehead atoms. The molecular formula is C17H11NO2. The summed E-state index contributed by atoms with van der Waals surface area (Å²) in [6.07, 6.45) is 4.77. The first-order valence-electron chi connectivity index (χ1n) is 6.69. The van der Waals surface area contributed by atoms with Gasteiger partial charge in [0, 0.05) is 35.3 Å². The second-order valence-electron chi connectivity index (χ2n) is 5.20. The molecule has 0 N–H and O–H groups in total. The largest absolute Gasteiger partial charge is 0.454 e. The van der Waals surface area contributed by atoms with Crippen molar-refractivity contribution in [1.29, 1.82) is 0 Å². The number of hydrogen-bond donors (Lipinski definition) is 0. The molecule has 5 rings (SSSR count). The van der Waals surface area contributed by atoms with Crippen molar-refractivity contribution in [3.8, 4) is 22.6 Å². The summed E-state index contributed by atoms with van der Waals surface area (Å²) in [4.78, 5) is 4.38. The average Bonchev–Trinajstić information content (AvgIpc) is 2.97. The number of fused-ring (bicyclic) bond motifs is 4. The van der Waals surface area contributed by atoms with Gasteiger partial charge in [0.2, 0.25) is 6.79 Å². The minimum absolute atomic E-state index is 0.315. The maximum Gasteiger partial charge on any atom is 0.231 e. The van der Waals surface area contributed by atoms with Gasteiger partial charge in [-0.1, -0.05) is 24.3 Å². The molecule has 3 nitrogen and oxygen atoms in total. The van der Waals surface area contributed by atoms with Crippen LogP contribution in [0.3, 0.4) is 0 Å². The van der Waals surface area contributed by atoms with E-state index in [4.69, 9.17) is 9.47 Å². The van der Waals surface area contributed by atoms with Gasteiger partial charge in [-0.05, 0) is 22.6 Å². The third-order valence-electron chi connectivity index (χ3n) is 4.17. The number of ether oxygens (including phenoxy) is 2. The molecule has 1 aliphatic carbocycles. The number of pyridine rings is 1. The van der Waals surface area contributed by atoms with Crippen molar-refractivity contribution >= 4 is 10.8 Å². The van der Waals surface area contributed by atoms with Crippen LogP contribution in [0.25, 0.3) is 21.9 Å². The fourth-order valence-electron chi connectivity index (χ4n) is 3.31. The van der Waals surface area contributed by atoms with Gasteiger partial charge in [-0.25, -0.2) is 0 Å².